The quantitative estimate of drug-likeness (QED) is 0.691. The van der Waals surface area contributed by atoms with Gasteiger partial charge in [-0.25, -0.2) is 0 Å². The summed E-state index contributed by atoms with van der Waals surface area (Å²) in [5.41, 5.74) is 1.02. The average molecular weight is 366 g/mol. The molecule has 26 heavy (non-hydrogen) atoms. The molecular weight excluding hydrogens is 332 g/mol. The summed E-state index contributed by atoms with van der Waals surface area (Å²) in [5, 5.41) is 0. The van der Waals surface area contributed by atoms with Crippen LogP contribution in [0, 0.1) is 5.92 Å². The van der Waals surface area contributed by atoms with E-state index in [1.807, 2.05) is 24.3 Å². The molecule has 5 heteroatoms. The molecule has 1 aromatic rings. The highest BCUT2D eigenvalue weighted by Gasteiger charge is 2.47. The molecule has 1 aromatic carbocycles. The van der Waals surface area contributed by atoms with Crippen LogP contribution in [-0.4, -0.2) is 43.9 Å². The molecule has 5 nitrogen and oxygen atoms in total. The third-order valence-electron chi connectivity index (χ3n) is 5.30. The van der Waals surface area contributed by atoms with Gasteiger partial charge in [0, 0.05) is 15.1 Å². The zero-order valence-electron chi connectivity index (χ0n) is 17.5. The SMILES string of the molecule is [3H]CC[C@H]1O[C@H]2[C@H](C)[C@@H](OCc3ccc(OC)cc3)[C@H](CC=O)O[C@H]2C[C@H]1[3H]. The highest BCUT2D eigenvalue weighted by Crippen LogP contribution is 2.38. The minimum atomic E-state index is -0.396. The predicted octanol–water partition coefficient (Wildman–Crippen LogP) is 3.53. The summed E-state index contributed by atoms with van der Waals surface area (Å²) in [4.78, 5) is 11.2. The number of rotatable bonds is 7. The molecular formula is C21H30O5. The largest absolute Gasteiger partial charge is 0.497 e. The van der Waals surface area contributed by atoms with Crippen molar-refractivity contribution in [1.82, 2.24) is 0 Å². The molecule has 2 heterocycles. The van der Waals surface area contributed by atoms with Gasteiger partial charge in [-0.3, -0.25) is 0 Å². The predicted molar refractivity (Wildman–Crippen MR) is 98.3 cm³/mol. The Hall–Kier alpha value is -1.43. The monoisotopic (exact) mass is 366 g/mol. The summed E-state index contributed by atoms with van der Waals surface area (Å²) in [6.07, 6.45) is 0.628. The number of fused-ring (bicyclic) bond motifs is 1. The van der Waals surface area contributed by atoms with E-state index in [0.717, 1.165) is 17.6 Å². The molecule has 0 bridgehead atoms. The van der Waals surface area contributed by atoms with Gasteiger partial charge in [-0.05, 0) is 36.9 Å². The second kappa shape index (κ2) is 8.98. The molecule has 3 rings (SSSR count). The van der Waals surface area contributed by atoms with E-state index in [0.29, 0.717) is 19.4 Å². The zero-order chi connectivity index (χ0) is 20.1. The van der Waals surface area contributed by atoms with Crippen LogP contribution in [0.2, 0.25) is 0 Å². The first-order valence-electron chi connectivity index (χ1n) is 10.6. The van der Waals surface area contributed by atoms with Crippen LogP contribution in [-0.2, 0) is 25.6 Å². The molecule has 0 amide bonds. The normalized spacial score (nSPS) is 38.0. The van der Waals surface area contributed by atoms with Gasteiger partial charge in [0.15, 0.2) is 0 Å². The molecule has 0 aromatic heterocycles. The first kappa shape index (κ1) is 16.7. The Morgan fingerprint density at radius 2 is 2.15 bits per heavy atom. The summed E-state index contributed by atoms with van der Waals surface area (Å²) in [7, 11) is 1.63. The summed E-state index contributed by atoms with van der Waals surface area (Å²) < 4.78 is 39.5. The summed E-state index contributed by atoms with van der Waals surface area (Å²) in [6, 6.07) is 7.69. The number of carbonyl (C=O) groups is 1. The van der Waals surface area contributed by atoms with Crippen molar-refractivity contribution >= 4 is 6.29 Å². The second-order valence-corrected chi connectivity index (χ2v) is 7.00. The highest BCUT2D eigenvalue weighted by atomic mass is 16.6. The van der Waals surface area contributed by atoms with Gasteiger partial charge in [-0.2, -0.15) is 0 Å². The maximum atomic E-state index is 11.2. The van der Waals surface area contributed by atoms with Gasteiger partial charge in [0.2, 0.25) is 0 Å². The van der Waals surface area contributed by atoms with E-state index in [9.17, 15) is 4.79 Å². The number of hydrogen-bond acceptors (Lipinski definition) is 5. The van der Waals surface area contributed by atoms with Gasteiger partial charge in [-0.1, -0.05) is 26.0 Å². The minimum absolute atomic E-state index is 0.0303. The molecule has 0 unspecified atom stereocenters. The second-order valence-electron chi connectivity index (χ2n) is 7.00. The number of aldehydes is 1. The fourth-order valence-corrected chi connectivity index (χ4v) is 3.83. The van der Waals surface area contributed by atoms with Crippen LogP contribution >= 0.6 is 0 Å². The van der Waals surface area contributed by atoms with Crippen LogP contribution < -0.4 is 4.74 Å². The summed E-state index contributed by atoms with van der Waals surface area (Å²) in [5.74, 6) is 0.823. The van der Waals surface area contributed by atoms with Crippen molar-refractivity contribution in [3.63, 3.8) is 0 Å². The molecule has 144 valence electrons. The lowest BCUT2D eigenvalue weighted by molar-refractivity contribution is -0.253. The summed E-state index contributed by atoms with van der Waals surface area (Å²) >= 11 is 0. The number of carbonyl (C=O) groups excluding carboxylic acids is 1. The Morgan fingerprint density at radius 1 is 1.35 bits per heavy atom. The average Bonchev–Trinajstić information content (AvgIpc) is 2.70. The number of ether oxygens (including phenoxy) is 4. The Kier molecular flexibility index (Phi) is 5.77. The number of hydrogen-bond donors (Lipinski definition) is 0. The molecule has 2 fully saturated rings. The molecule has 2 saturated heterocycles. The van der Waals surface area contributed by atoms with Crippen molar-refractivity contribution in [2.24, 2.45) is 5.92 Å². The van der Waals surface area contributed by atoms with E-state index in [1.165, 1.54) is 0 Å². The van der Waals surface area contributed by atoms with Crippen LogP contribution in [0.25, 0.3) is 0 Å². The van der Waals surface area contributed by atoms with E-state index in [4.69, 9.17) is 21.7 Å². The van der Waals surface area contributed by atoms with Gasteiger partial charge in [-0.15, -0.1) is 0 Å². The zero-order valence-corrected chi connectivity index (χ0v) is 15.5. The molecule has 0 aliphatic carbocycles. The lowest BCUT2D eigenvalue weighted by Gasteiger charge is -2.49. The molecule has 0 saturated carbocycles. The van der Waals surface area contributed by atoms with Gasteiger partial charge in [0.05, 0.1) is 44.2 Å². The first-order chi connectivity index (χ1) is 13.6. The maximum Gasteiger partial charge on any atom is 0.122 e. The van der Waals surface area contributed by atoms with E-state index in [1.54, 1.807) is 7.11 Å². The summed E-state index contributed by atoms with van der Waals surface area (Å²) in [6.45, 7) is 2.73. The third-order valence-corrected chi connectivity index (χ3v) is 5.30. The fourth-order valence-electron chi connectivity index (χ4n) is 3.83. The number of benzene rings is 1. The Bertz CT molecular complexity index is 626. The van der Waals surface area contributed by atoms with Crippen LogP contribution in [0.3, 0.4) is 0 Å². The van der Waals surface area contributed by atoms with Gasteiger partial charge < -0.3 is 23.7 Å². The molecule has 0 spiro atoms. The Balaban J connectivity index is 1.69. The lowest BCUT2D eigenvalue weighted by Crippen LogP contribution is -2.57. The lowest BCUT2D eigenvalue weighted by atomic mass is 9.82. The van der Waals surface area contributed by atoms with Crippen LogP contribution in [0.1, 0.15) is 47.8 Å². The third kappa shape index (κ3) is 4.27. The molecule has 0 N–H and O–H groups in total. The van der Waals surface area contributed by atoms with Crippen LogP contribution in [0.15, 0.2) is 24.3 Å². The first-order valence-corrected chi connectivity index (χ1v) is 9.28. The maximum absolute atomic E-state index is 11.2. The van der Waals surface area contributed by atoms with Crippen molar-refractivity contribution < 1.29 is 26.5 Å². The standard InChI is InChI=1S/C21H30O5/c1-4-16-9-10-18-21(25-16)14(2)20(19(26-18)11-12-22)24-13-15-5-7-17(23-3)8-6-15/h5-8,12,14,16,18-21H,4,9-11,13H2,1-3H3/t14-,16-,18+,19+,20-,21+/m1/s1/i1T,9T/t9-,14-,16-,18+,19+,20-,21+. The van der Waals surface area contributed by atoms with Crippen LogP contribution in [0.5, 0.6) is 5.75 Å². The van der Waals surface area contributed by atoms with E-state index in [-0.39, 0.29) is 49.8 Å². The van der Waals surface area contributed by atoms with E-state index in [2.05, 4.69) is 6.92 Å². The fraction of sp³-hybridized carbons (Fsp3) is 0.667. The molecule has 2 aliphatic rings. The van der Waals surface area contributed by atoms with Gasteiger partial charge in [0.25, 0.3) is 0 Å². The Labute approximate surface area is 158 Å². The Morgan fingerprint density at radius 3 is 2.85 bits per heavy atom. The van der Waals surface area contributed by atoms with Crippen molar-refractivity contribution in [1.29, 1.82) is 0 Å². The number of methoxy groups -OCH3 is 1. The minimum Gasteiger partial charge on any atom is -0.497 e. The van der Waals surface area contributed by atoms with Crippen molar-refractivity contribution in [3.05, 3.63) is 29.8 Å². The van der Waals surface area contributed by atoms with Crippen molar-refractivity contribution in [3.8, 4) is 5.75 Å². The molecule has 2 aliphatic heterocycles. The van der Waals surface area contributed by atoms with E-state index < -0.39 is 6.40 Å². The van der Waals surface area contributed by atoms with Crippen molar-refractivity contribution in [2.75, 3.05) is 7.11 Å². The van der Waals surface area contributed by atoms with Gasteiger partial charge >= 0.3 is 0 Å². The van der Waals surface area contributed by atoms with Crippen LogP contribution in [0.4, 0.5) is 0 Å². The van der Waals surface area contributed by atoms with E-state index >= 15 is 0 Å². The highest BCUT2D eigenvalue weighted by molar-refractivity contribution is 5.50. The molecule has 0 radical (unpaired) electrons. The van der Waals surface area contributed by atoms with Crippen molar-refractivity contribution in [2.45, 2.75) is 76.6 Å². The van der Waals surface area contributed by atoms with Gasteiger partial charge in [0.1, 0.15) is 12.0 Å². The topological polar surface area (TPSA) is 54.0 Å². The molecule has 7 atom stereocenters. The smallest absolute Gasteiger partial charge is 0.122 e.